The summed E-state index contributed by atoms with van der Waals surface area (Å²) in [5, 5.41) is 0. The van der Waals surface area contributed by atoms with Crippen molar-refractivity contribution in [1.29, 1.82) is 0 Å². The molecule has 1 aromatic carbocycles. The number of benzene rings is 1. The number of aryl methyl sites for hydroxylation is 1. The van der Waals surface area contributed by atoms with Crippen molar-refractivity contribution in [2.75, 3.05) is 0 Å². The van der Waals surface area contributed by atoms with Crippen molar-refractivity contribution in [3.63, 3.8) is 0 Å². The zero-order valence-corrected chi connectivity index (χ0v) is 8.27. The third-order valence-corrected chi connectivity index (χ3v) is 2.96. The van der Waals surface area contributed by atoms with Crippen LogP contribution < -0.4 is 0 Å². The second-order valence-electron chi connectivity index (χ2n) is 3.68. The van der Waals surface area contributed by atoms with E-state index in [-0.39, 0.29) is 5.78 Å². The molecule has 0 aromatic heterocycles. The Morgan fingerprint density at radius 3 is 2.85 bits per heavy atom. The third kappa shape index (κ3) is 1.37. The SMILES string of the molecule is C[C@@]1(Cl)CCc2ccccc2C1=O. The van der Waals surface area contributed by atoms with Gasteiger partial charge < -0.3 is 0 Å². The summed E-state index contributed by atoms with van der Waals surface area (Å²) in [6.07, 6.45) is 1.65. The van der Waals surface area contributed by atoms with Crippen molar-refractivity contribution >= 4 is 17.4 Å². The first kappa shape index (κ1) is 8.76. The molecule has 0 radical (unpaired) electrons. The average molecular weight is 195 g/mol. The third-order valence-electron chi connectivity index (χ3n) is 2.60. The first-order chi connectivity index (χ1) is 6.11. The summed E-state index contributed by atoms with van der Waals surface area (Å²) in [7, 11) is 0. The van der Waals surface area contributed by atoms with Gasteiger partial charge in [-0.2, -0.15) is 0 Å². The predicted molar refractivity (Wildman–Crippen MR) is 53.4 cm³/mol. The van der Waals surface area contributed by atoms with Gasteiger partial charge in [-0.3, -0.25) is 4.79 Å². The molecular formula is C11H11ClO. The number of alkyl halides is 1. The van der Waals surface area contributed by atoms with E-state index in [1.165, 1.54) is 0 Å². The Balaban J connectivity index is 2.52. The lowest BCUT2D eigenvalue weighted by Gasteiger charge is -2.27. The lowest BCUT2D eigenvalue weighted by molar-refractivity contribution is 0.0932. The van der Waals surface area contributed by atoms with Crippen LogP contribution in [0.3, 0.4) is 0 Å². The Morgan fingerprint density at radius 2 is 2.08 bits per heavy atom. The van der Waals surface area contributed by atoms with Gasteiger partial charge in [0.1, 0.15) is 4.87 Å². The normalized spacial score (nSPS) is 27.1. The number of carbonyl (C=O) groups is 1. The van der Waals surface area contributed by atoms with Gasteiger partial charge in [0, 0.05) is 5.56 Å². The summed E-state index contributed by atoms with van der Waals surface area (Å²) < 4.78 is 0. The second-order valence-corrected chi connectivity index (χ2v) is 4.52. The molecule has 1 nitrogen and oxygen atoms in total. The lowest BCUT2D eigenvalue weighted by atomic mass is 9.83. The fraction of sp³-hybridized carbons (Fsp3) is 0.364. The molecule has 1 aliphatic rings. The molecule has 2 rings (SSSR count). The minimum Gasteiger partial charge on any atom is -0.292 e. The van der Waals surface area contributed by atoms with Crippen molar-refractivity contribution in [3.8, 4) is 0 Å². The molecule has 1 aromatic rings. The van der Waals surface area contributed by atoms with Crippen LogP contribution >= 0.6 is 11.6 Å². The Labute approximate surface area is 82.7 Å². The number of rotatable bonds is 0. The standard InChI is InChI=1S/C11H11ClO/c1-11(12)7-6-8-4-2-3-5-9(8)10(11)13/h2-5H,6-7H2,1H3/t11-/m1/s1. The summed E-state index contributed by atoms with van der Waals surface area (Å²) in [6, 6.07) is 7.70. The van der Waals surface area contributed by atoms with Gasteiger partial charge >= 0.3 is 0 Å². The topological polar surface area (TPSA) is 17.1 Å². The number of ketones is 1. The van der Waals surface area contributed by atoms with Gasteiger partial charge in [-0.05, 0) is 25.3 Å². The smallest absolute Gasteiger partial charge is 0.183 e. The zero-order valence-electron chi connectivity index (χ0n) is 7.51. The molecule has 0 N–H and O–H groups in total. The molecular weight excluding hydrogens is 184 g/mol. The Kier molecular flexibility index (Phi) is 1.92. The van der Waals surface area contributed by atoms with Crippen LogP contribution in [-0.2, 0) is 6.42 Å². The fourth-order valence-corrected chi connectivity index (χ4v) is 1.92. The van der Waals surface area contributed by atoms with E-state index < -0.39 is 4.87 Å². The van der Waals surface area contributed by atoms with Gasteiger partial charge in [0.15, 0.2) is 5.78 Å². The molecule has 2 heteroatoms. The van der Waals surface area contributed by atoms with Crippen molar-refractivity contribution in [3.05, 3.63) is 35.4 Å². The molecule has 1 atom stereocenters. The maximum atomic E-state index is 11.8. The van der Waals surface area contributed by atoms with Crippen LogP contribution in [0.15, 0.2) is 24.3 Å². The molecule has 0 heterocycles. The molecule has 13 heavy (non-hydrogen) atoms. The number of fused-ring (bicyclic) bond motifs is 1. The van der Waals surface area contributed by atoms with E-state index in [1.807, 2.05) is 24.3 Å². The average Bonchev–Trinajstić information content (AvgIpc) is 2.13. The van der Waals surface area contributed by atoms with Gasteiger partial charge in [-0.15, -0.1) is 11.6 Å². The maximum Gasteiger partial charge on any atom is 0.183 e. The number of Topliss-reactive ketones (excluding diaryl/α,β-unsaturated/α-hetero) is 1. The van der Waals surface area contributed by atoms with Crippen molar-refractivity contribution in [2.45, 2.75) is 24.6 Å². The molecule has 0 fully saturated rings. The van der Waals surface area contributed by atoms with Gasteiger partial charge in [0.05, 0.1) is 0 Å². The van der Waals surface area contributed by atoms with Crippen LogP contribution in [0, 0.1) is 0 Å². The van der Waals surface area contributed by atoms with E-state index in [0.29, 0.717) is 0 Å². The van der Waals surface area contributed by atoms with E-state index in [0.717, 1.165) is 24.0 Å². The highest BCUT2D eigenvalue weighted by molar-refractivity contribution is 6.38. The maximum absolute atomic E-state index is 11.8. The van der Waals surface area contributed by atoms with Crippen LogP contribution in [0.4, 0.5) is 0 Å². The van der Waals surface area contributed by atoms with Gasteiger partial charge in [0.2, 0.25) is 0 Å². The molecule has 0 aliphatic heterocycles. The van der Waals surface area contributed by atoms with E-state index in [2.05, 4.69) is 0 Å². The van der Waals surface area contributed by atoms with Gasteiger partial charge in [-0.1, -0.05) is 24.3 Å². The molecule has 0 spiro atoms. The van der Waals surface area contributed by atoms with Crippen LogP contribution in [0.1, 0.15) is 29.3 Å². The zero-order chi connectivity index (χ0) is 9.47. The molecule has 0 bridgehead atoms. The van der Waals surface area contributed by atoms with E-state index in [9.17, 15) is 4.79 Å². The first-order valence-corrected chi connectivity index (χ1v) is 4.81. The highest BCUT2D eigenvalue weighted by atomic mass is 35.5. The molecule has 0 saturated heterocycles. The number of halogens is 1. The van der Waals surface area contributed by atoms with Crippen LogP contribution in [0.25, 0.3) is 0 Å². The van der Waals surface area contributed by atoms with E-state index >= 15 is 0 Å². The summed E-state index contributed by atoms with van der Waals surface area (Å²) in [6.45, 7) is 1.80. The number of hydrogen-bond acceptors (Lipinski definition) is 1. The molecule has 0 amide bonds. The Morgan fingerprint density at radius 1 is 1.38 bits per heavy atom. The quantitative estimate of drug-likeness (QED) is 0.581. The Bertz CT molecular complexity index is 355. The summed E-state index contributed by atoms with van der Waals surface area (Å²) >= 11 is 6.10. The first-order valence-electron chi connectivity index (χ1n) is 4.43. The predicted octanol–water partition coefficient (Wildman–Crippen LogP) is 2.81. The van der Waals surface area contributed by atoms with Crippen molar-refractivity contribution in [1.82, 2.24) is 0 Å². The summed E-state index contributed by atoms with van der Waals surface area (Å²) in [4.78, 5) is 11.1. The fourth-order valence-electron chi connectivity index (χ4n) is 1.72. The molecule has 1 aliphatic carbocycles. The minimum absolute atomic E-state index is 0.0658. The molecule has 0 saturated carbocycles. The van der Waals surface area contributed by atoms with Crippen LogP contribution in [-0.4, -0.2) is 10.7 Å². The molecule has 68 valence electrons. The van der Waals surface area contributed by atoms with Gasteiger partial charge in [0.25, 0.3) is 0 Å². The number of hydrogen-bond donors (Lipinski definition) is 0. The van der Waals surface area contributed by atoms with Crippen LogP contribution in [0.5, 0.6) is 0 Å². The summed E-state index contributed by atoms with van der Waals surface area (Å²) in [5.41, 5.74) is 1.93. The summed E-state index contributed by atoms with van der Waals surface area (Å²) in [5.74, 6) is 0.0658. The van der Waals surface area contributed by atoms with Gasteiger partial charge in [-0.25, -0.2) is 0 Å². The monoisotopic (exact) mass is 194 g/mol. The van der Waals surface area contributed by atoms with Crippen LogP contribution in [0.2, 0.25) is 0 Å². The van der Waals surface area contributed by atoms with E-state index in [1.54, 1.807) is 6.92 Å². The Hall–Kier alpha value is -0.820. The minimum atomic E-state index is -0.686. The van der Waals surface area contributed by atoms with E-state index in [4.69, 9.17) is 11.6 Å². The second kappa shape index (κ2) is 2.85. The highest BCUT2D eigenvalue weighted by Crippen LogP contribution is 2.32. The number of carbonyl (C=O) groups excluding carboxylic acids is 1. The lowest BCUT2D eigenvalue weighted by Crippen LogP contribution is -2.34. The largest absolute Gasteiger partial charge is 0.292 e. The molecule has 0 unspecified atom stereocenters. The highest BCUT2D eigenvalue weighted by Gasteiger charge is 2.35. The van der Waals surface area contributed by atoms with Crippen molar-refractivity contribution in [2.24, 2.45) is 0 Å². The van der Waals surface area contributed by atoms with Crippen molar-refractivity contribution < 1.29 is 4.79 Å².